The second-order valence-electron chi connectivity index (χ2n) is 6.57. The van der Waals surface area contributed by atoms with Gasteiger partial charge in [0.2, 0.25) is 0 Å². The molecule has 0 saturated heterocycles. The summed E-state index contributed by atoms with van der Waals surface area (Å²) in [6, 6.07) is 15.6. The molecule has 0 spiro atoms. The molecule has 6 nitrogen and oxygen atoms in total. The van der Waals surface area contributed by atoms with Gasteiger partial charge in [0.05, 0.1) is 24.0 Å². The van der Waals surface area contributed by atoms with Gasteiger partial charge in [-0.3, -0.25) is 9.59 Å². The van der Waals surface area contributed by atoms with Crippen molar-refractivity contribution in [1.29, 1.82) is 0 Å². The van der Waals surface area contributed by atoms with Crippen molar-refractivity contribution in [3.8, 4) is 11.5 Å². The van der Waals surface area contributed by atoms with Crippen molar-refractivity contribution in [3.05, 3.63) is 82.6 Å². The van der Waals surface area contributed by atoms with Crippen molar-refractivity contribution >= 4 is 34.8 Å². The number of halogens is 2. The minimum Gasteiger partial charge on any atom is -0.495 e. The molecule has 0 aliphatic carbocycles. The molecule has 0 aromatic heterocycles. The highest BCUT2D eigenvalue weighted by Gasteiger charge is 2.17. The molecule has 0 bridgehead atoms. The first-order valence-electron chi connectivity index (χ1n) is 9.30. The van der Waals surface area contributed by atoms with Crippen LogP contribution in [0.1, 0.15) is 15.9 Å². The smallest absolute Gasteiger partial charge is 0.262 e. The maximum atomic E-state index is 13.7. The minimum absolute atomic E-state index is 0.0485. The second-order valence-corrected chi connectivity index (χ2v) is 6.98. The van der Waals surface area contributed by atoms with E-state index in [2.05, 4.69) is 10.6 Å². The van der Waals surface area contributed by atoms with Crippen LogP contribution in [-0.4, -0.2) is 25.5 Å². The van der Waals surface area contributed by atoms with Gasteiger partial charge in [-0.15, -0.1) is 0 Å². The first kappa shape index (κ1) is 22.1. The van der Waals surface area contributed by atoms with Gasteiger partial charge in [0.15, 0.2) is 6.61 Å². The predicted octanol–water partition coefficient (Wildman–Crippen LogP) is 5.07. The number of aryl methyl sites for hydroxylation is 1. The lowest BCUT2D eigenvalue weighted by atomic mass is 10.1. The van der Waals surface area contributed by atoms with Crippen LogP contribution in [-0.2, 0) is 4.79 Å². The van der Waals surface area contributed by atoms with Crippen LogP contribution in [0, 0.1) is 12.7 Å². The molecule has 2 N–H and O–H groups in total. The Labute approximate surface area is 183 Å². The first-order valence-corrected chi connectivity index (χ1v) is 9.68. The number of methoxy groups -OCH3 is 1. The molecule has 0 fully saturated rings. The summed E-state index contributed by atoms with van der Waals surface area (Å²) in [5.74, 6) is -0.955. The van der Waals surface area contributed by atoms with Crippen molar-refractivity contribution in [2.75, 3.05) is 24.4 Å². The van der Waals surface area contributed by atoms with Crippen molar-refractivity contribution in [2.45, 2.75) is 6.92 Å². The van der Waals surface area contributed by atoms with Crippen LogP contribution in [0.3, 0.4) is 0 Å². The van der Waals surface area contributed by atoms with E-state index in [1.165, 1.54) is 25.3 Å². The van der Waals surface area contributed by atoms with Crippen LogP contribution >= 0.6 is 11.6 Å². The Balaban J connectivity index is 1.72. The van der Waals surface area contributed by atoms with Gasteiger partial charge < -0.3 is 20.1 Å². The van der Waals surface area contributed by atoms with Crippen LogP contribution in [0.15, 0.2) is 60.7 Å². The van der Waals surface area contributed by atoms with E-state index in [4.69, 9.17) is 21.1 Å². The minimum atomic E-state index is -0.560. The zero-order chi connectivity index (χ0) is 22.4. The third-order valence-corrected chi connectivity index (χ3v) is 4.77. The van der Waals surface area contributed by atoms with Gasteiger partial charge in [0.25, 0.3) is 11.8 Å². The van der Waals surface area contributed by atoms with Crippen molar-refractivity contribution < 1.29 is 23.5 Å². The Kier molecular flexibility index (Phi) is 7.10. The van der Waals surface area contributed by atoms with Crippen LogP contribution in [0.2, 0.25) is 5.02 Å². The molecule has 160 valence electrons. The van der Waals surface area contributed by atoms with E-state index in [9.17, 15) is 14.0 Å². The summed E-state index contributed by atoms with van der Waals surface area (Å²) in [5.41, 5.74) is 1.48. The molecule has 3 rings (SSSR count). The number of rotatable bonds is 7. The van der Waals surface area contributed by atoms with E-state index >= 15 is 0 Å². The normalized spacial score (nSPS) is 10.3. The lowest BCUT2D eigenvalue weighted by Crippen LogP contribution is -2.22. The van der Waals surface area contributed by atoms with Crippen molar-refractivity contribution in [2.24, 2.45) is 0 Å². The van der Waals surface area contributed by atoms with Crippen molar-refractivity contribution in [1.82, 2.24) is 0 Å². The van der Waals surface area contributed by atoms with E-state index in [1.807, 2.05) is 6.92 Å². The highest BCUT2D eigenvalue weighted by atomic mass is 35.5. The molecule has 0 saturated carbocycles. The number of hydrogen-bond acceptors (Lipinski definition) is 4. The standard InChI is InChI=1S/C23H20ClFN2O4/c1-14-11-19(21(30-2)12-16(14)24)27-23(29)15-7-3-6-10-20(15)31-13-22(28)26-18-9-5-4-8-17(18)25/h3-12H,13H2,1-2H3,(H,26,28)(H,27,29). The van der Waals surface area contributed by atoms with E-state index in [0.29, 0.717) is 16.5 Å². The van der Waals surface area contributed by atoms with Gasteiger partial charge in [-0.1, -0.05) is 35.9 Å². The summed E-state index contributed by atoms with van der Waals surface area (Å²) in [7, 11) is 1.47. The zero-order valence-electron chi connectivity index (χ0n) is 16.9. The second kappa shape index (κ2) is 9.95. The predicted molar refractivity (Wildman–Crippen MR) is 118 cm³/mol. The fraction of sp³-hybridized carbons (Fsp3) is 0.130. The number of nitrogens with one attached hydrogen (secondary N) is 2. The van der Waals surface area contributed by atoms with Crippen LogP contribution in [0.25, 0.3) is 0 Å². The van der Waals surface area contributed by atoms with Crippen LogP contribution in [0.4, 0.5) is 15.8 Å². The molecular formula is C23H20ClFN2O4. The maximum Gasteiger partial charge on any atom is 0.262 e. The third-order valence-electron chi connectivity index (χ3n) is 4.37. The summed E-state index contributed by atoms with van der Waals surface area (Å²) in [5, 5.41) is 5.71. The molecular weight excluding hydrogens is 423 g/mol. The number of benzene rings is 3. The highest BCUT2D eigenvalue weighted by Crippen LogP contribution is 2.32. The summed E-state index contributed by atoms with van der Waals surface area (Å²) in [4.78, 5) is 25.0. The van der Waals surface area contributed by atoms with Crippen LogP contribution < -0.4 is 20.1 Å². The van der Waals surface area contributed by atoms with Gasteiger partial charge >= 0.3 is 0 Å². The quantitative estimate of drug-likeness (QED) is 0.536. The lowest BCUT2D eigenvalue weighted by Gasteiger charge is -2.14. The fourth-order valence-corrected chi connectivity index (χ4v) is 2.95. The molecule has 31 heavy (non-hydrogen) atoms. The molecule has 3 aromatic carbocycles. The van der Waals surface area contributed by atoms with Gasteiger partial charge in [-0.25, -0.2) is 4.39 Å². The first-order chi connectivity index (χ1) is 14.9. The molecule has 2 amide bonds. The Morgan fingerprint density at radius 2 is 1.68 bits per heavy atom. The van der Waals surface area contributed by atoms with Gasteiger partial charge in [-0.2, -0.15) is 0 Å². The maximum absolute atomic E-state index is 13.7. The summed E-state index contributed by atoms with van der Waals surface area (Å²) >= 11 is 6.11. The number of carbonyl (C=O) groups excluding carboxylic acids is 2. The topological polar surface area (TPSA) is 76.7 Å². The van der Waals surface area contributed by atoms with Gasteiger partial charge in [-0.05, 0) is 42.8 Å². The molecule has 0 radical (unpaired) electrons. The lowest BCUT2D eigenvalue weighted by molar-refractivity contribution is -0.118. The zero-order valence-corrected chi connectivity index (χ0v) is 17.6. The molecule has 0 unspecified atom stereocenters. The Bertz CT molecular complexity index is 1120. The number of amides is 2. The summed E-state index contributed by atoms with van der Waals surface area (Å²) in [6.45, 7) is 1.41. The number of ether oxygens (including phenoxy) is 2. The molecule has 0 aliphatic rings. The molecule has 3 aromatic rings. The monoisotopic (exact) mass is 442 g/mol. The average molecular weight is 443 g/mol. The van der Waals surface area contributed by atoms with Crippen molar-refractivity contribution in [3.63, 3.8) is 0 Å². The Morgan fingerprint density at radius 1 is 0.968 bits per heavy atom. The van der Waals surface area contributed by atoms with Gasteiger partial charge in [0.1, 0.15) is 17.3 Å². The van der Waals surface area contributed by atoms with E-state index < -0.39 is 24.2 Å². The van der Waals surface area contributed by atoms with E-state index in [1.54, 1.807) is 42.5 Å². The summed E-state index contributed by atoms with van der Waals surface area (Å²) < 4.78 is 24.5. The Hall–Kier alpha value is -3.58. The molecule has 0 aliphatic heterocycles. The third kappa shape index (κ3) is 5.52. The fourth-order valence-electron chi connectivity index (χ4n) is 2.79. The molecule has 0 heterocycles. The summed E-state index contributed by atoms with van der Waals surface area (Å²) in [6.07, 6.45) is 0. The molecule has 0 atom stereocenters. The SMILES string of the molecule is COc1cc(Cl)c(C)cc1NC(=O)c1ccccc1OCC(=O)Nc1ccccc1F. The number of para-hydroxylation sites is 2. The largest absolute Gasteiger partial charge is 0.495 e. The molecule has 8 heteroatoms. The van der Waals surface area contributed by atoms with Crippen LogP contribution in [0.5, 0.6) is 11.5 Å². The van der Waals surface area contributed by atoms with Gasteiger partial charge in [0, 0.05) is 11.1 Å². The number of hydrogen-bond donors (Lipinski definition) is 2. The average Bonchev–Trinajstić information content (AvgIpc) is 2.76. The van der Waals surface area contributed by atoms with E-state index in [-0.39, 0.29) is 17.0 Å². The van der Waals surface area contributed by atoms with E-state index in [0.717, 1.165) is 5.56 Å². The highest BCUT2D eigenvalue weighted by molar-refractivity contribution is 6.31. The number of anilines is 2. The Morgan fingerprint density at radius 3 is 2.42 bits per heavy atom. The number of carbonyl (C=O) groups is 2.